The van der Waals surface area contributed by atoms with Gasteiger partial charge < -0.3 is 24.3 Å². The third-order valence-electron chi connectivity index (χ3n) is 4.88. The predicted molar refractivity (Wildman–Crippen MR) is 132 cm³/mol. The summed E-state index contributed by atoms with van der Waals surface area (Å²) in [6, 6.07) is 17.8. The number of hydrazone groups is 1. The number of carbonyl (C=O) groups is 3. The van der Waals surface area contributed by atoms with Crippen molar-refractivity contribution in [3.8, 4) is 23.0 Å². The Hall–Kier alpha value is -4.86. The summed E-state index contributed by atoms with van der Waals surface area (Å²) in [5.41, 5.74) is 3.66. The number of hydrogen-bond acceptors (Lipinski definition) is 8. The van der Waals surface area contributed by atoms with E-state index in [-0.39, 0.29) is 12.3 Å². The van der Waals surface area contributed by atoms with Crippen LogP contribution in [-0.4, -0.2) is 51.9 Å². The van der Waals surface area contributed by atoms with Gasteiger partial charge in [0.05, 0.1) is 39.7 Å². The second-order valence-corrected chi connectivity index (χ2v) is 7.23. The summed E-state index contributed by atoms with van der Waals surface area (Å²) in [5.74, 6) is 0.311. The molecule has 0 saturated heterocycles. The van der Waals surface area contributed by atoms with Gasteiger partial charge in [-0.25, -0.2) is 10.2 Å². The molecule has 3 rings (SSSR count). The number of hydrogen-bond donors (Lipinski definition) is 2. The standard InChI is InChI=1S/C26H25N3O7/c1-33-20-9-5-18(6-10-20)25(31)27-16-24(30)29-28-15-17-4-13-22(23(14-17)35-3)36-26(32)19-7-11-21(34-2)12-8-19/h4-15H,16H2,1-3H3,(H,27,31)(H,29,30)/b28-15-. The fraction of sp³-hybridized carbons (Fsp3) is 0.154. The number of nitrogens with zero attached hydrogens (tertiary/aromatic N) is 1. The molecule has 2 N–H and O–H groups in total. The second-order valence-electron chi connectivity index (χ2n) is 7.23. The summed E-state index contributed by atoms with van der Waals surface area (Å²) < 4.78 is 20.9. The van der Waals surface area contributed by atoms with Crippen LogP contribution in [0, 0.1) is 0 Å². The van der Waals surface area contributed by atoms with Gasteiger partial charge in [-0.15, -0.1) is 0 Å². The highest BCUT2D eigenvalue weighted by Gasteiger charge is 2.13. The van der Waals surface area contributed by atoms with Gasteiger partial charge >= 0.3 is 5.97 Å². The number of amides is 2. The van der Waals surface area contributed by atoms with E-state index >= 15 is 0 Å². The van der Waals surface area contributed by atoms with Crippen molar-refractivity contribution in [2.45, 2.75) is 0 Å². The molecule has 0 spiro atoms. The van der Waals surface area contributed by atoms with Crippen LogP contribution < -0.4 is 29.7 Å². The van der Waals surface area contributed by atoms with Crippen molar-refractivity contribution in [2.75, 3.05) is 27.9 Å². The van der Waals surface area contributed by atoms with Crippen molar-refractivity contribution < 1.29 is 33.3 Å². The van der Waals surface area contributed by atoms with Crippen LogP contribution in [0.25, 0.3) is 0 Å². The highest BCUT2D eigenvalue weighted by molar-refractivity contribution is 5.96. The van der Waals surface area contributed by atoms with E-state index in [4.69, 9.17) is 18.9 Å². The number of ether oxygens (including phenoxy) is 4. The monoisotopic (exact) mass is 491 g/mol. The van der Waals surface area contributed by atoms with Crippen molar-refractivity contribution in [2.24, 2.45) is 5.10 Å². The summed E-state index contributed by atoms with van der Waals surface area (Å²) in [4.78, 5) is 36.5. The van der Waals surface area contributed by atoms with Crippen molar-refractivity contribution in [1.82, 2.24) is 10.7 Å². The molecule has 0 fully saturated rings. The van der Waals surface area contributed by atoms with E-state index in [0.29, 0.717) is 33.9 Å². The third-order valence-corrected chi connectivity index (χ3v) is 4.88. The van der Waals surface area contributed by atoms with Crippen LogP contribution >= 0.6 is 0 Å². The smallest absolute Gasteiger partial charge is 0.343 e. The Morgan fingerprint density at radius 2 is 1.39 bits per heavy atom. The Balaban J connectivity index is 1.52. The van der Waals surface area contributed by atoms with Crippen LogP contribution in [0.4, 0.5) is 0 Å². The molecule has 0 heterocycles. The molecule has 0 aliphatic heterocycles. The SMILES string of the molecule is COc1ccc(C(=O)NCC(=O)N/N=C\c2ccc(OC(=O)c3ccc(OC)cc3)c(OC)c2)cc1. The zero-order chi connectivity index (χ0) is 25.9. The quantitative estimate of drug-likeness (QED) is 0.193. The molecule has 0 aromatic heterocycles. The number of nitrogens with one attached hydrogen (secondary N) is 2. The fourth-order valence-electron chi connectivity index (χ4n) is 2.96. The number of benzene rings is 3. The van der Waals surface area contributed by atoms with E-state index in [1.807, 2.05) is 0 Å². The minimum absolute atomic E-state index is 0.223. The predicted octanol–water partition coefficient (Wildman–Crippen LogP) is 2.81. The van der Waals surface area contributed by atoms with Crippen molar-refractivity contribution in [3.63, 3.8) is 0 Å². The lowest BCUT2D eigenvalue weighted by Crippen LogP contribution is -2.34. The van der Waals surface area contributed by atoms with Gasteiger partial charge in [0.2, 0.25) is 0 Å². The van der Waals surface area contributed by atoms with Crippen LogP contribution in [0.2, 0.25) is 0 Å². The number of rotatable bonds is 10. The Morgan fingerprint density at radius 3 is 1.97 bits per heavy atom. The van der Waals surface area contributed by atoms with Crippen molar-refractivity contribution in [1.29, 1.82) is 0 Å². The van der Waals surface area contributed by atoms with Gasteiger partial charge in [0.15, 0.2) is 11.5 Å². The Bertz CT molecular complexity index is 1240. The zero-order valence-corrected chi connectivity index (χ0v) is 19.9. The molecule has 0 atom stereocenters. The van der Waals surface area contributed by atoms with Crippen LogP contribution in [-0.2, 0) is 4.79 Å². The van der Waals surface area contributed by atoms with Crippen molar-refractivity contribution in [3.05, 3.63) is 83.4 Å². The van der Waals surface area contributed by atoms with Crippen LogP contribution in [0.1, 0.15) is 26.3 Å². The zero-order valence-electron chi connectivity index (χ0n) is 19.9. The molecule has 0 aliphatic rings. The molecule has 3 aromatic rings. The van der Waals surface area contributed by atoms with Gasteiger partial charge in [0.25, 0.3) is 11.8 Å². The average molecular weight is 492 g/mol. The molecule has 186 valence electrons. The number of carbonyl (C=O) groups excluding carboxylic acids is 3. The minimum atomic E-state index is -0.554. The normalized spacial score (nSPS) is 10.4. The first-order valence-corrected chi connectivity index (χ1v) is 10.7. The molecule has 2 amide bonds. The molecule has 10 heteroatoms. The third kappa shape index (κ3) is 7.07. The van der Waals surface area contributed by atoms with Gasteiger partial charge in [0.1, 0.15) is 11.5 Å². The first-order valence-electron chi connectivity index (χ1n) is 10.7. The second kappa shape index (κ2) is 12.6. The molecule has 3 aromatic carbocycles. The molecular weight excluding hydrogens is 466 g/mol. The first-order chi connectivity index (χ1) is 17.4. The van der Waals surface area contributed by atoms with E-state index < -0.39 is 17.8 Å². The minimum Gasteiger partial charge on any atom is -0.497 e. The van der Waals surface area contributed by atoms with Gasteiger partial charge in [-0.05, 0) is 72.3 Å². The highest BCUT2D eigenvalue weighted by atomic mass is 16.6. The van der Waals surface area contributed by atoms with Crippen LogP contribution in [0.5, 0.6) is 23.0 Å². The van der Waals surface area contributed by atoms with Crippen LogP contribution in [0.15, 0.2) is 71.8 Å². The molecule has 0 aliphatic carbocycles. The largest absolute Gasteiger partial charge is 0.497 e. The van der Waals surface area contributed by atoms with E-state index in [0.717, 1.165) is 0 Å². The van der Waals surface area contributed by atoms with Gasteiger partial charge in [-0.2, -0.15) is 5.10 Å². The van der Waals surface area contributed by atoms with E-state index in [1.54, 1.807) is 66.7 Å². The molecule has 36 heavy (non-hydrogen) atoms. The molecule has 10 nitrogen and oxygen atoms in total. The van der Waals surface area contributed by atoms with Crippen molar-refractivity contribution >= 4 is 24.0 Å². The molecular formula is C26H25N3O7. The lowest BCUT2D eigenvalue weighted by atomic mass is 10.2. The lowest BCUT2D eigenvalue weighted by molar-refractivity contribution is -0.120. The number of esters is 1. The fourth-order valence-corrected chi connectivity index (χ4v) is 2.96. The number of methoxy groups -OCH3 is 3. The summed E-state index contributed by atoms with van der Waals surface area (Å²) in [5, 5.41) is 6.38. The maximum Gasteiger partial charge on any atom is 0.343 e. The molecule has 0 radical (unpaired) electrons. The Morgan fingerprint density at radius 1 is 0.778 bits per heavy atom. The maximum atomic E-state index is 12.4. The average Bonchev–Trinajstić information content (AvgIpc) is 2.92. The summed E-state index contributed by atoms with van der Waals surface area (Å²) in [7, 11) is 4.51. The van der Waals surface area contributed by atoms with E-state index in [1.165, 1.54) is 27.5 Å². The topological polar surface area (TPSA) is 125 Å². The highest BCUT2D eigenvalue weighted by Crippen LogP contribution is 2.28. The van der Waals surface area contributed by atoms with Gasteiger partial charge in [0, 0.05) is 5.56 Å². The van der Waals surface area contributed by atoms with Gasteiger partial charge in [-0.3, -0.25) is 9.59 Å². The molecule has 0 bridgehead atoms. The lowest BCUT2D eigenvalue weighted by Gasteiger charge is -2.10. The van der Waals surface area contributed by atoms with Crippen LogP contribution in [0.3, 0.4) is 0 Å². The Labute approximate surface area is 207 Å². The molecule has 0 unspecified atom stereocenters. The summed E-state index contributed by atoms with van der Waals surface area (Å²) in [6.45, 7) is -0.258. The van der Waals surface area contributed by atoms with E-state index in [2.05, 4.69) is 15.8 Å². The van der Waals surface area contributed by atoms with Gasteiger partial charge in [-0.1, -0.05) is 0 Å². The molecule has 0 saturated carbocycles. The van der Waals surface area contributed by atoms with E-state index in [9.17, 15) is 14.4 Å². The Kier molecular flexibility index (Phi) is 8.99. The summed E-state index contributed by atoms with van der Waals surface area (Å²) >= 11 is 0. The summed E-state index contributed by atoms with van der Waals surface area (Å²) in [6.07, 6.45) is 1.39. The maximum absolute atomic E-state index is 12.4. The first kappa shape index (κ1) is 25.8.